The number of nitrogen functional groups attached to an aromatic ring is 1. The number of halogens is 18. The first-order valence-corrected chi connectivity index (χ1v) is 17.7. The Morgan fingerprint density at radius 1 is 0.683 bits per heavy atom. The molecule has 3 aromatic rings. The lowest BCUT2D eigenvalue weighted by Crippen LogP contribution is -2.74. The molecule has 0 unspecified atom stereocenters. The van der Waals surface area contributed by atoms with Crippen molar-refractivity contribution in [2.24, 2.45) is 0 Å². The summed E-state index contributed by atoms with van der Waals surface area (Å²) in [4.78, 5) is 28.4. The monoisotopic (exact) mass is 958 g/mol. The Morgan fingerprint density at radius 2 is 1.17 bits per heavy atom. The van der Waals surface area contributed by atoms with Crippen molar-refractivity contribution in [1.29, 1.82) is 0 Å². The number of carbonyl (C=O) groups is 2. The van der Waals surface area contributed by atoms with Crippen molar-refractivity contribution in [3.8, 4) is 17.2 Å². The number of anilines is 1. The maximum Gasteiger partial charge on any atom is 0.460 e. The van der Waals surface area contributed by atoms with Crippen molar-refractivity contribution in [1.82, 2.24) is 4.90 Å². The molecule has 0 fully saturated rings. The molecule has 1 atom stereocenters. The van der Waals surface area contributed by atoms with Gasteiger partial charge in [-0.2, -0.15) is 74.6 Å². The Kier molecular flexibility index (Phi) is 15.4. The van der Waals surface area contributed by atoms with E-state index in [1.54, 1.807) is 30.3 Å². The summed E-state index contributed by atoms with van der Waals surface area (Å²) in [7, 11) is 3.14. The lowest BCUT2D eigenvalue weighted by Gasteiger charge is -2.42. The fourth-order valence-electron chi connectivity index (χ4n) is 5.71. The second-order valence-electron chi connectivity index (χ2n) is 13.3. The Balaban J connectivity index is 1.94. The average molecular weight is 959 g/mol. The van der Waals surface area contributed by atoms with E-state index >= 15 is 0 Å². The molecule has 0 bridgehead atoms. The van der Waals surface area contributed by atoms with Crippen LogP contribution in [0.25, 0.3) is 0 Å². The van der Waals surface area contributed by atoms with Crippen LogP contribution in [0.2, 0.25) is 5.02 Å². The predicted octanol–water partition coefficient (Wildman–Crippen LogP) is 10.5. The molecule has 1 amide bonds. The minimum atomic E-state index is -8.73. The van der Waals surface area contributed by atoms with Gasteiger partial charge in [-0.1, -0.05) is 41.9 Å². The predicted molar refractivity (Wildman–Crippen MR) is 187 cm³/mol. The Labute approximate surface area is 349 Å². The van der Waals surface area contributed by atoms with Crippen LogP contribution in [0.5, 0.6) is 17.2 Å². The number of esters is 1. The highest BCUT2D eigenvalue weighted by molar-refractivity contribution is 6.31. The van der Waals surface area contributed by atoms with Crippen molar-refractivity contribution in [2.75, 3.05) is 33.7 Å². The van der Waals surface area contributed by atoms with E-state index in [0.717, 1.165) is 38.4 Å². The topological polar surface area (TPSA) is 100 Å². The molecule has 0 aromatic heterocycles. The number of benzene rings is 3. The minimum absolute atomic E-state index is 0.0417. The van der Waals surface area contributed by atoms with Crippen LogP contribution in [0.15, 0.2) is 60.7 Å². The lowest BCUT2D eigenvalue weighted by atomic mass is 9.88. The minimum Gasteiger partial charge on any atom is -0.496 e. The molecule has 3 rings (SSSR count). The van der Waals surface area contributed by atoms with Crippen molar-refractivity contribution in [2.45, 2.75) is 79.5 Å². The first-order chi connectivity index (χ1) is 28.7. The highest BCUT2D eigenvalue weighted by Gasteiger charge is 2.95. The third-order valence-corrected chi connectivity index (χ3v) is 9.46. The van der Waals surface area contributed by atoms with E-state index in [1.807, 2.05) is 0 Å². The standard InChI is InChI=1S/C37H32ClF17N2O6/c1-60-26-16-21(63-13-7-12-30(39,40)31(41,42)32(43,44)33(45,46)34(47,48)35(49,50)36(51,52)37(53,54)55)17-27(61-2)23(26)18-57(28(58)22-11-10-20(38)15-24(22)56)25(29(59)62-3)14-19-8-5-4-6-9-19/h4-6,8-11,15-17,25H,7,12-14,18,56H2,1-3H3/t25-/m0/s1. The van der Waals surface area contributed by atoms with Gasteiger partial charge in [-0.05, 0) is 30.2 Å². The molecule has 0 aliphatic heterocycles. The van der Waals surface area contributed by atoms with Crippen LogP contribution >= 0.6 is 11.6 Å². The number of hydrogen-bond donors (Lipinski definition) is 1. The van der Waals surface area contributed by atoms with Gasteiger partial charge in [0.2, 0.25) is 0 Å². The zero-order chi connectivity index (χ0) is 48.4. The molecule has 352 valence electrons. The normalized spacial score (nSPS) is 13.9. The van der Waals surface area contributed by atoms with E-state index in [-0.39, 0.29) is 39.8 Å². The van der Waals surface area contributed by atoms with Gasteiger partial charge in [0.15, 0.2) is 0 Å². The van der Waals surface area contributed by atoms with Crippen LogP contribution in [-0.2, 0) is 22.5 Å². The number of rotatable bonds is 20. The number of ether oxygens (including phenoxy) is 4. The first kappa shape index (κ1) is 52.2. The second-order valence-corrected chi connectivity index (χ2v) is 13.7. The van der Waals surface area contributed by atoms with E-state index in [9.17, 15) is 84.2 Å². The summed E-state index contributed by atoms with van der Waals surface area (Å²) in [5, 5.41) is 0.144. The van der Waals surface area contributed by atoms with Crippen molar-refractivity contribution in [3.63, 3.8) is 0 Å². The van der Waals surface area contributed by atoms with E-state index in [1.165, 1.54) is 18.2 Å². The van der Waals surface area contributed by atoms with Crippen molar-refractivity contribution in [3.05, 3.63) is 82.4 Å². The largest absolute Gasteiger partial charge is 0.496 e. The Morgan fingerprint density at radius 3 is 1.63 bits per heavy atom. The van der Waals surface area contributed by atoms with Gasteiger partial charge in [0.05, 0.1) is 45.6 Å². The summed E-state index contributed by atoms with van der Waals surface area (Å²) >= 11 is 5.99. The smallest absolute Gasteiger partial charge is 0.460 e. The van der Waals surface area contributed by atoms with Crippen LogP contribution in [0.3, 0.4) is 0 Å². The van der Waals surface area contributed by atoms with E-state index < -0.39 is 97.3 Å². The van der Waals surface area contributed by atoms with Gasteiger partial charge in [0.1, 0.15) is 23.3 Å². The van der Waals surface area contributed by atoms with Crippen LogP contribution < -0.4 is 19.9 Å². The number of alkyl halides is 17. The van der Waals surface area contributed by atoms with Crippen LogP contribution in [0, 0.1) is 0 Å². The SMILES string of the molecule is COC(=O)[C@H](Cc1ccccc1)N(Cc1c(OC)cc(OCCCC(F)(F)C(F)(F)C(F)(F)C(F)(F)C(F)(F)C(F)(F)C(F)(F)C(F)(F)F)cc1OC)C(=O)c1ccc(Cl)cc1N. The number of nitrogens with zero attached hydrogens (tertiary/aromatic N) is 1. The van der Waals surface area contributed by atoms with E-state index in [4.69, 9.17) is 36.3 Å². The molecular formula is C37H32ClF17N2O6. The molecule has 0 aliphatic rings. The summed E-state index contributed by atoms with van der Waals surface area (Å²) in [6.07, 6.45) is -12.3. The molecule has 2 N–H and O–H groups in total. The van der Waals surface area contributed by atoms with Crippen LogP contribution in [0.4, 0.5) is 80.3 Å². The number of hydrogen-bond acceptors (Lipinski definition) is 7. The average Bonchev–Trinajstić information content (AvgIpc) is 3.19. The first-order valence-electron chi connectivity index (χ1n) is 17.3. The molecule has 0 heterocycles. The number of nitrogens with two attached hydrogens (primary N) is 1. The van der Waals surface area contributed by atoms with Crippen molar-refractivity contribution >= 4 is 29.2 Å². The van der Waals surface area contributed by atoms with Gasteiger partial charge in [-0.15, -0.1) is 0 Å². The molecule has 0 radical (unpaired) electrons. The zero-order valence-electron chi connectivity index (χ0n) is 32.2. The molecule has 0 saturated carbocycles. The number of methoxy groups -OCH3 is 3. The molecule has 0 spiro atoms. The summed E-state index contributed by atoms with van der Waals surface area (Å²) in [6, 6.07) is 12.6. The van der Waals surface area contributed by atoms with Gasteiger partial charge in [-0.3, -0.25) is 4.79 Å². The molecule has 0 saturated heterocycles. The third-order valence-electron chi connectivity index (χ3n) is 9.23. The highest BCUT2D eigenvalue weighted by atomic mass is 35.5. The summed E-state index contributed by atoms with van der Waals surface area (Å²) < 4.78 is 253. The van der Waals surface area contributed by atoms with E-state index in [2.05, 4.69) is 0 Å². The lowest BCUT2D eigenvalue weighted by molar-refractivity contribution is -0.461. The molecular weight excluding hydrogens is 927 g/mol. The molecule has 63 heavy (non-hydrogen) atoms. The fraction of sp³-hybridized carbons (Fsp3) is 0.459. The fourth-order valence-corrected chi connectivity index (χ4v) is 5.89. The van der Waals surface area contributed by atoms with Crippen molar-refractivity contribution < 1.29 is 103 Å². The highest BCUT2D eigenvalue weighted by Crippen LogP contribution is 2.64. The molecule has 8 nitrogen and oxygen atoms in total. The van der Waals surface area contributed by atoms with Crippen LogP contribution in [-0.4, -0.2) is 98.4 Å². The number of carbonyl (C=O) groups excluding carboxylic acids is 2. The maximum absolute atomic E-state index is 14.5. The van der Waals surface area contributed by atoms with Gasteiger partial charge >= 0.3 is 53.6 Å². The molecule has 3 aromatic carbocycles. The van der Waals surface area contributed by atoms with Gasteiger partial charge < -0.3 is 29.6 Å². The number of amides is 1. The quantitative estimate of drug-likeness (QED) is 0.0521. The van der Waals surface area contributed by atoms with E-state index in [0.29, 0.717) is 5.56 Å². The molecule has 26 heteroatoms. The zero-order valence-corrected chi connectivity index (χ0v) is 32.9. The van der Waals surface area contributed by atoms with Gasteiger partial charge in [0, 0.05) is 35.7 Å². The maximum atomic E-state index is 14.5. The molecule has 0 aliphatic carbocycles. The second kappa shape index (κ2) is 18.6. The van der Waals surface area contributed by atoms with Gasteiger partial charge in [0.25, 0.3) is 5.91 Å². The summed E-state index contributed by atoms with van der Waals surface area (Å²) in [6.45, 7) is -1.83. The third kappa shape index (κ3) is 9.71. The summed E-state index contributed by atoms with van der Waals surface area (Å²) in [5.74, 6) is -59.9. The van der Waals surface area contributed by atoms with Crippen LogP contribution in [0.1, 0.15) is 34.3 Å². The van der Waals surface area contributed by atoms with Gasteiger partial charge in [-0.25, -0.2) is 4.79 Å². The summed E-state index contributed by atoms with van der Waals surface area (Å²) in [5.41, 5.74) is 6.31. The Hall–Kier alpha value is -5.10. The Bertz CT molecular complexity index is 2060.